The molecule has 3 aromatic rings. The number of benzene rings is 2. The van der Waals surface area contributed by atoms with Crippen molar-refractivity contribution in [1.82, 2.24) is 4.98 Å². The first-order valence-corrected chi connectivity index (χ1v) is 9.97. The lowest BCUT2D eigenvalue weighted by atomic mass is 9.92. The normalized spacial score (nSPS) is 11.1. The van der Waals surface area contributed by atoms with Crippen molar-refractivity contribution in [1.29, 1.82) is 0 Å². The number of aromatic nitrogens is 1. The summed E-state index contributed by atoms with van der Waals surface area (Å²) in [6, 6.07) is 15.5. The second kappa shape index (κ2) is 8.44. The van der Waals surface area contributed by atoms with E-state index in [1.807, 2.05) is 53.9 Å². The molecule has 0 bridgehead atoms. The van der Waals surface area contributed by atoms with Crippen LogP contribution in [0, 0.1) is 5.41 Å². The van der Waals surface area contributed by atoms with Crippen molar-refractivity contribution in [3.05, 3.63) is 53.9 Å². The lowest BCUT2D eigenvalue weighted by Gasteiger charge is -2.17. The Hall–Kier alpha value is -2.86. The first-order valence-electron chi connectivity index (χ1n) is 9.09. The summed E-state index contributed by atoms with van der Waals surface area (Å²) in [7, 11) is 1.65. The largest absolute Gasteiger partial charge is 0.497 e. The number of methoxy groups -OCH3 is 1. The summed E-state index contributed by atoms with van der Waals surface area (Å²) in [6.07, 6.45) is 0.486. The molecule has 0 fully saturated rings. The number of carbonyl (C=O) groups is 1. The summed E-state index contributed by atoms with van der Waals surface area (Å²) in [4.78, 5) is 16.7. The first-order chi connectivity index (χ1) is 13.3. The summed E-state index contributed by atoms with van der Waals surface area (Å²) < 4.78 is 5.25. The fourth-order valence-electron chi connectivity index (χ4n) is 2.70. The Morgan fingerprint density at radius 3 is 2.54 bits per heavy atom. The van der Waals surface area contributed by atoms with Crippen molar-refractivity contribution in [2.75, 3.05) is 17.7 Å². The minimum absolute atomic E-state index is 0.0266. The van der Waals surface area contributed by atoms with Gasteiger partial charge in [0.1, 0.15) is 5.75 Å². The lowest BCUT2D eigenvalue weighted by molar-refractivity contribution is -0.117. The van der Waals surface area contributed by atoms with Gasteiger partial charge in [-0.1, -0.05) is 39.0 Å². The minimum atomic E-state index is -0.0310. The van der Waals surface area contributed by atoms with Crippen molar-refractivity contribution >= 4 is 33.8 Å². The average Bonchev–Trinajstić information content (AvgIpc) is 3.09. The number of carbonyl (C=O) groups excluding carboxylic acids is 1. The molecule has 3 rings (SSSR count). The van der Waals surface area contributed by atoms with Crippen LogP contribution in [0.2, 0.25) is 0 Å². The van der Waals surface area contributed by atoms with Gasteiger partial charge >= 0.3 is 0 Å². The SMILES string of the molecule is COc1cccc(Nc2nc(-c3ccc(NC(=O)CC(C)(C)C)cc3)cs2)c1. The predicted molar refractivity (Wildman–Crippen MR) is 117 cm³/mol. The zero-order valence-corrected chi connectivity index (χ0v) is 17.4. The molecule has 1 aromatic heterocycles. The van der Waals surface area contributed by atoms with E-state index in [9.17, 15) is 4.79 Å². The predicted octanol–water partition coefficient (Wildman–Crippen LogP) is 5.94. The Morgan fingerprint density at radius 1 is 1.11 bits per heavy atom. The van der Waals surface area contributed by atoms with E-state index in [1.54, 1.807) is 18.4 Å². The molecule has 1 heterocycles. The van der Waals surface area contributed by atoms with E-state index in [4.69, 9.17) is 4.74 Å². The molecule has 146 valence electrons. The molecule has 0 aliphatic rings. The number of hydrogen-bond donors (Lipinski definition) is 2. The highest BCUT2D eigenvalue weighted by Gasteiger charge is 2.16. The van der Waals surface area contributed by atoms with Gasteiger partial charge in [-0.3, -0.25) is 4.79 Å². The van der Waals surface area contributed by atoms with Gasteiger partial charge in [0.15, 0.2) is 5.13 Å². The molecule has 0 spiro atoms. The smallest absolute Gasteiger partial charge is 0.224 e. The number of nitrogens with one attached hydrogen (secondary N) is 2. The maximum atomic E-state index is 12.1. The van der Waals surface area contributed by atoms with Crippen LogP contribution in [-0.2, 0) is 4.79 Å². The highest BCUT2D eigenvalue weighted by Crippen LogP contribution is 2.29. The monoisotopic (exact) mass is 395 g/mol. The molecule has 5 nitrogen and oxygen atoms in total. The van der Waals surface area contributed by atoms with Crippen LogP contribution in [0.25, 0.3) is 11.3 Å². The van der Waals surface area contributed by atoms with Crippen LogP contribution in [0.1, 0.15) is 27.2 Å². The van der Waals surface area contributed by atoms with E-state index < -0.39 is 0 Å². The Bertz CT molecular complexity index is 943. The maximum Gasteiger partial charge on any atom is 0.224 e. The Balaban J connectivity index is 1.65. The second-order valence-electron chi connectivity index (χ2n) is 7.76. The van der Waals surface area contributed by atoms with E-state index in [0.29, 0.717) is 6.42 Å². The molecular weight excluding hydrogens is 370 g/mol. The van der Waals surface area contributed by atoms with Gasteiger partial charge in [0.2, 0.25) is 5.91 Å². The number of nitrogens with zero attached hydrogens (tertiary/aromatic N) is 1. The molecule has 2 aromatic carbocycles. The summed E-state index contributed by atoms with van der Waals surface area (Å²) in [5, 5.41) is 9.06. The molecule has 0 aliphatic carbocycles. The second-order valence-corrected chi connectivity index (χ2v) is 8.62. The third-order valence-electron chi connectivity index (χ3n) is 3.98. The number of hydrogen-bond acceptors (Lipinski definition) is 5. The molecule has 0 unspecified atom stereocenters. The molecule has 0 aliphatic heterocycles. The van der Waals surface area contributed by atoms with E-state index >= 15 is 0 Å². The fraction of sp³-hybridized carbons (Fsp3) is 0.273. The van der Waals surface area contributed by atoms with Crippen LogP contribution in [-0.4, -0.2) is 18.0 Å². The molecular formula is C22H25N3O2S. The number of rotatable bonds is 6. The van der Waals surface area contributed by atoms with Crippen LogP contribution in [0.3, 0.4) is 0 Å². The quantitative estimate of drug-likeness (QED) is 0.542. The highest BCUT2D eigenvalue weighted by molar-refractivity contribution is 7.14. The van der Waals surface area contributed by atoms with E-state index in [2.05, 4.69) is 36.4 Å². The van der Waals surface area contributed by atoms with Crippen LogP contribution in [0.15, 0.2) is 53.9 Å². The molecule has 0 atom stereocenters. The van der Waals surface area contributed by atoms with Gasteiger partial charge in [0.05, 0.1) is 12.8 Å². The zero-order valence-electron chi connectivity index (χ0n) is 16.6. The molecule has 2 N–H and O–H groups in total. The molecule has 0 saturated heterocycles. The third-order valence-corrected chi connectivity index (χ3v) is 4.74. The average molecular weight is 396 g/mol. The van der Waals surface area contributed by atoms with Gasteiger partial charge in [-0.05, 0) is 29.7 Å². The van der Waals surface area contributed by atoms with Crippen molar-refractivity contribution in [3.8, 4) is 17.0 Å². The van der Waals surface area contributed by atoms with Gasteiger partial charge in [0, 0.05) is 34.8 Å². The van der Waals surface area contributed by atoms with Gasteiger partial charge in [-0.2, -0.15) is 0 Å². The highest BCUT2D eigenvalue weighted by atomic mass is 32.1. The van der Waals surface area contributed by atoms with E-state index in [-0.39, 0.29) is 11.3 Å². The van der Waals surface area contributed by atoms with Crippen molar-refractivity contribution in [2.24, 2.45) is 5.41 Å². The number of thiazole rings is 1. The fourth-order valence-corrected chi connectivity index (χ4v) is 3.44. The van der Waals surface area contributed by atoms with Gasteiger partial charge < -0.3 is 15.4 Å². The first kappa shape index (κ1) is 19.9. The number of amides is 1. The minimum Gasteiger partial charge on any atom is -0.497 e. The Morgan fingerprint density at radius 2 is 1.86 bits per heavy atom. The Labute approximate surface area is 169 Å². The number of anilines is 3. The van der Waals surface area contributed by atoms with Crippen molar-refractivity contribution < 1.29 is 9.53 Å². The molecule has 0 saturated carbocycles. The summed E-state index contributed by atoms with van der Waals surface area (Å²) in [5.41, 5.74) is 3.59. The van der Waals surface area contributed by atoms with Crippen molar-refractivity contribution in [3.63, 3.8) is 0 Å². The van der Waals surface area contributed by atoms with E-state index in [1.165, 1.54) is 0 Å². The lowest BCUT2D eigenvalue weighted by Crippen LogP contribution is -2.19. The topological polar surface area (TPSA) is 63.2 Å². The molecule has 1 amide bonds. The van der Waals surface area contributed by atoms with Crippen LogP contribution < -0.4 is 15.4 Å². The zero-order chi connectivity index (χ0) is 20.1. The summed E-state index contributed by atoms with van der Waals surface area (Å²) in [6.45, 7) is 6.15. The van der Waals surface area contributed by atoms with Gasteiger partial charge in [0.25, 0.3) is 0 Å². The standard InChI is InChI=1S/C22H25N3O2S/c1-22(2,3)13-20(26)23-16-10-8-15(9-11-16)19-14-28-21(25-19)24-17-6-5-7-18(12-17)27-4/h5-12,14H,13H2,1-4H3,(H,23,26)(H,24,25). The van der Waals surface area contributed by atoms with Crippen LogP contribution >= 0.6 is 11.3 Å². The summed E-state index contributed by atoms with van der Waals surface area (Å²) >= 11 is 1.54. The van der Waals surface area contributed by atoms with E-state index in [0.717, 1.165) is 33.5 Å². The maximum absolute atomic E-state index is 12.1. The third kappa shape index (κ3) is 5.57. The summed E-state index contributed by atoms with van der Waals surface area (Å²) in [5.74, 6) is 0.824. The van der Waals surface area contributed by atoms with Gasteiger partial charge in [-0.15, -0.1) is 11.3 Å². The molecule has 6 heteroatoms. The van der Waals surface area contributed by atoms with Gasteiger partial charge in [-0.25, -0.2) is 4.98 Å². The van der Waals surface area contributed by atoms with Crippen LogP contribution in [0.4, 0.5) is 16.5 Å². The Kier molecular flexibility index (Phi) is 5.99. The van der Waals surface area contributed by atoms with Crippen molar-refractivity contribution in [2.45, 2.75) is 27.2 Å². The van der Waals surface area contributed by atoms with Crippen LogP contribution in [0.5, 0.6) is 5.75 Å². The molecule has 28 heavy (non-hydrogen) atoms. The number of ether oxygens (including phenoxy) is 1. The molecule has 0 radical (unpaired) electrons.